The molecule has 0 aliphatic heterocycles. The molecule has 0 spiro atoms. The monoisotopic (exact) mass is 313 g/mol. The number of benzene rings is 2. The summed E-state index contributed by atoms with van der Waals surface area (Å²) in [5.74, 6) is 0.778. The van der Waals surface area contributed by atoms with Gasteiger partial charge in [-0.2, -0.15) is 0 Å². The molecule has 2 aromatic rings. The van der Waals surface area contributed by atoms with Crippen LogP contribution < -0.4 is 20.3 Å². The number of carbonyl (C=O) groups is 1. The van der Waals surface area contributed by atoms with Crippen LogP contribution in [0.25, 0.3) is 0 Å². The van der Waals surface area contributed by atoms with Crippen LogP contribution >= 0.6 is 0 Å². The van der Waals surface area contributed by atoms with Gasteiger partial charge in [0.25, 0.3) is 0 Å². The van der Waals surface area contributed by atoms with Crippen LogP contribution in [0.15, 0.2) is 42.5 Å². The van der Waals surface area contributed by atoms with Gasteiger partial charge in [0.1, 0.15) is 5.75 Å². The highest BCUT2D eigenvalue weighted by molar-refractivity contribution is 5.89. The van der Waals surface area contributed by atoms with Crippen molar-refractivity contribution in [2.24, 2.45) is 0 Å². The van der Waals surface area contributed by atoms with Crippen LogP contribution in [0.5, 0.6) is 5.75 Å². The first-order valence-electron chi connectivity index (χ1n) is 7.48. The maximum absolute atomic E-state index is 11.9. The van der Waals surface area contributed by atoms with E-state index in [1.165, 1.54) is 0 Å². The zero-order valence-corrected chi connectivity index (χ0v) is 14.0. The minimum atomic E-state index is -0.298. The molecule has 122 valence electrons. The third-order valence-electron chi connectivity index (χ3n) is 3.66. The van der Waals surface area contributed by atoms with Gasteiger partial charge in [-0.1, -0.05) is 12.1 Å². The lowest BCUT2D eigenvalue weighted by Gasteiger charge is -2.14. The number of ether oxygens (including phenoxy) is 1. The predicted octanol–water partition coefficient (Wildman–Crippen LogP) is 3.53. The summed E-state index contributed by atoms with van der Waals surface area (Å²) in [6.45, 7) is 4.14. The summed E-state index contributed by atoms with van der Waals surface area (Å²) in [7, 11) is 3.94. The summed E-state index contributed by atoms with van der Waals surface area (Å²) < 4.78 is 5.60. The van der Waals surface area contributed by atoms with Crippen LogP contribution in [-0.4, -0.2) is 26.9 Å². The largest absolute Gasteiger partial charge is 0.473 e. The molecule has 0 aliphatic carbocycles. The van der Waals surface area contributed by atoms with Crippen LogP contribution in [0.2, 0.25) is 0 Å². The van der Waals surface area contributed by atoms with E-state index in [1.54, 1.807) is 0 Å². The molecule has 0 saturated heterocycles. The molecule has 0 heterocycles. The Kier molecular flexibility index (Phi) is 5.46. The lowest BCUT2D eigenvalue weighted by atomic mass is 10.1. The van der Waals surface area contributed by atoms with Crippen molar-refractivity contribution in [2.45, 2.75) is 13.8 Å². The number of amides is 2. The molecule has 0 radical (unpaired) electrons. The minimum Gasteiger partial charge on any atom is -0.473 e. The Bertz CT molecular complexity index is 666. The Hall–Kier alpha value is -2.69. The van der Waals surface area contributed by atoms with Crippen molar-refractivity contribution >= 4 is 17.4 Å². The molecule has 2 rings (SSSR count). The number of hydrogen-bond donors (Lipinski definition) is 2. The quantitative estimate of drug-likeness (QED) is 0.830. The summed E-state index contributed by atoms with van der Waals surface area (Å²) in [6.07, 6.45) is 0. The lowest BCUT2D eigenvalue weighted by molar-refractivity contribution is 0.234. The molecule has 0 aliphatic rings. The molecule has 5 heteroatoms. The number of urea groups is 1. The van der Waals surface area contributed by atoms with Gasteiger partial charge in [-0.05, 0) is 55.3 Å². The fourth-order valence-electron chi connectivity index (χ4n) is 2.08. The Balaban J connectivity index is 1.82. The Morgan fingerprint density at radius 1 is 1.09 bits per heavy atom. The molecule has 0 saturated carbocycles. The molecular weight excluding hydrogens is 290 g/mol. The zero-order chi connectivity index (χ0) is 16.8. The van der Waals surface area contributed by atoms with Crippen LogP contribution in [0.3, 0.4) is 0 Å². The second kappa shape index (κ2) is 7.54. The molecule has 0 unspecified atom stereocenters. The first-order chi connectivity index (χ1) is 11.0. The fourth-order valence-corrected chi connectivity index (χ4v) is 2.08. The summed E-state index contributed by atoms with van der Waals surface area (Å²) in [6, 6.07) is 13.2. The topological polar surface area (TPSA) is 53.6 Å². The minimum absolute atomic E-state index is 0.117. The molecule has 23 heavy (non-hydrogen) atoms. The molecule has 0 bridgehead atoms. The number of carbonyl (C=O) groups excluding carboxylic acids is 1. The number of anilines is 2. The smallest absolute Gasteiger partial charge is 0.321 e. The third-order valence-corrected chi connectivity index (χ3v) is 3.66. The van der Waals surface area contributed by atoms with Crippen LogP contribution in [0, 0.1) is 13.8 Å². The van der Waals surface area contributed by atoms with Crippen molar-refractivity contribution in [3.05, 3.63) is 53.6 Å². The van der Waals surface area contributed by atoms with E-state index in [4.69, 9.17) is 4.74 Å². The molecule has 5 nitrogen and oxygen atoms in total. The number of aryl methyl sites for hydroxylation is 1. The molecule has 2 N–H and O–H groups in total. The Labute approximate surface area is 137 Å². The maximum Gasteiger partial charge on any atom is 0.321 e. The average Bonchev–Trinajstić information content (AvgIpc) is 2.52. The van der Waals surface area contributed by atoms with Gasteiger partial charge in [0.05, 0.1) is 0 Å². The normalized spacial score (nSPS) is 10.1. The zero-order valence-electron chi connectivity index (χ0n) is 14.0. The number of nitrogens with one attached hydrogen (secondary N) is 2. The predicted molar refractivity (Wildman–Crippen MR) is 94.3 cm³/mol. The molecule has 2 aromatic carbocycles. The number of nitrogens with zero attached hydrogens (tertiary/aromatic N) is 1. The summed E-state index contributed by atoms with van der Waals surface area (Å²) >= 11 is 0. The Morgan fingerprint density at radius 2 is 1.78 bits per heavy atom. The van der Waals surface area contributed by atoms with E-state index in [0.717, 1.165) is 28.3 Å². The first kappa shape index (κ1) is 16.7. The molecule has 2 amide bonds. The highest BCUT2D eigenvalue weighted by atomic mass is 16.5. The summed E-state index contributed by atoms with van der Waals surface area (Å²) in [5.41, 5.74) is 4.05. The van der Waals surface area contributed by atoms with Crippen molar-refractivity contribution in [1.82, 2.24) is 5.32 Å². The van der Waals surface area contributed by atoms with Crippen molar-refractivity contribution in [3.8, 4) is 5.75 Å². The molecule has 0 fully saturated rings. The number of rotatable bonds is 5. The van der Waals surface area contributed by atoms with E-state index in [1.807, 2.05) is 75.3 Å². The molecule has 0 atom stereocenters. The van der Waals surface area contributed by atoms with E-state index < -0.39 is 0 Å². The highest BCUT2D eigenvalue weighted by Crippen LogP contribution is 2.20. The highest BCUT2D eigenvalue weighted by Gasteiger charge is 2.04. The van der Waals surface area contributed by atoms with Crippen LogP contribution in [0.1, 0.15) is 11.1 Å². The summed E-state index contributed by atoms with van der Waals surface area (Å²) in [5, 5.41) is 5.45. The van der Waals surface area contributed by atoms with Gasteiger partial charge >= 0.3 is 6.03 Å². The van der Waals surface area contributed by atoms with Gasteiger partial charge in [0.2, 0.25) is 0 Å². The van der Waals surface area contributed by atoms with Crippen molar-refractivity contribution in [3.63, 3.8) is 0 Å². The fraction of sp³-hybridized carbons (Fsp3) is 0.278. The van der Waals surface area contributed by atoms with Crippen molar-refractivity contribution in [2.75, 3.05) is 31.0 Å². The van der Waals surface area contributed by atoms with Gasteiger partial charge in [-0.25, -0.2) is 4.79 Å². The average molecular weight is 313 g/mol. The van der Waals surface area contributed by atoms with Gasteiger partial charge < -0.3 is 20.3 Å². The van der Waals surface area contributed by atoms with E-state index in [0.29, 0.717) is 0 Å². The molecule has 0 aromatic heterocycles. The van der Waals surface area contributed by atoms with Gasteiger partial charge in [-0.3, -0.25) is 0 Å². The van der Waals surface area contributed by atoms with E-state index in [-0.39, 0.29) is 12.8 Å². The standard InChI is InChI=1S/C18H23N3O2/c1-13-6-5-7-17(14(13)2)23-12-19-18(22)20-15-8-10-16(11-9-15)21(3)4/h5-11H,12H2,1-4H3,(H2,19,20,22). The number of hydrogen-bond acceptors (Lipinski definition) is 3. The van der Waals surface area contributed by atoms with E-state index in [2.05, 4.69) is 10.6 Å². The van der Waals surface area contributed by atoms with E-state index >= 15 is 0 Å². The molecular formula is C18H23N3O2. The van der Waals surface area contributed by atoms with Crippen LogP contribution in [0.4, 0.5) is 16.2 Å². The second-order valence-electron chi connectivity index (χ2n) is 5.56. The maximum atomic E-state index is 11.9. The van der Waals surface area contributed by atoms with E-state index in [9.17, 15) is 4.79 Å². The first-order valence-corrected chi connectivity index (χ1v) is 7.48. The van der Waals surface area contributed by atoms with Gasteiger partial charge in [0.15, 0.2) is 6.73 Å². The lowest BCUT2D eigenvalue weighted by Crippen LogP contribution is -2.32. The van der Waals surface area contributed by atoms with Gasteiger partial charge in [0, 0.05) is 25.5 Å². The second-order valence-corrected chi connectivity index (χ2v) is 5.56. The Morgan fingerprint density at radius 3 is 2.43 bits per heavy atom. The van der Waals surface area contributed by atoms with Crippen molar-refractivity contribution in [1.29, 1.82) is 0 Å². The third kappa shape index (κ3) is 4.64. The SMILES string of the molecule is Cc1cccc(OCNC(=O)Nc2ccc(N(C)C)cc2)c1C. The van der Waals surface area contributed by atoms with Gasteiger partial charge in [-0.15, -0.1) is 0 Å². The van der Waals surface area contributed by atoms with Crippen molar-refractivity contribution < 1.29 is 9.53 Å². The van der Waals surface area contributed by atoms with Crippen LogP contribution in [-0.2, 0) is 0 Å². The summed E-state index contributed by atoms with van der Waals surface area (Å²) in [4.78, 5) is 13.9.